The molecule has 1 saturated heterocycles. The number of rotatable bonds is 7. The second kappa shape index (κ2) is 14.2. The molecule has 11 nitrogen and oxygen atoms in total. The van der Waals surface area contributed by atoms with Gasteiger partial charge in [-0.1, -0.05) is 75.7 Å². The number of carbonyl (C=O) groups is 2. The molecule has 2 amide bonds. The average molecular weight is 688 g/mol. The lowest BCUT2D eigenvalue weighted by Crippen LogP contribution is -2.61. The second-order valence-corrected chi connectivity index (χ2v) is 14.2. The Morgan fingerprint density at radius 3 is 2.22 bits per heavy atom. The van der Waals surface area contributed by atoms with Crippen molar-refractivity contribution < 1.29 is 42.2 Å². The first-order valence-electron chi connectivity index (χ1n) is 16.2. The van der Waals surface area contributed by atoms with Crippen LogP contribution in [0.4, 0.5) is 22.8 Å². The van der Waals surface area contributed by atoms with E-state index in [9.17, 15) is 33.0 Å². The van der Waals surface area contributed by atoms with Gasteiger partial charge in [0.15, 0.2) is 5.54 Å². The van der Waals surface area contributed by atoms with E-state index in [1.165, 1.54) is 22.6 Å². The maximum Gasteiger partial charge on any atom is 0.437 e. The maximum atomic E-state index is 14.4. The summed E-state index contributed by atoms with van der Waals surface area (Å²) in [6.45, 7) is 12.1. The zero-order valence-corrected chi connectivity index (χ0v) is 28.8. The summed E-state index contributed by atoms with van der Waals surface area (Å²) >= 11 is 0. The normalized spacial score (nSPS) is 18.9. The van der Waals surface area contributed by atoms with Gasteiger partial charge in [-0.15, -0.1) is 4.99 Å². The summed E-state index contributed by atoms with van der Waals surface area (Å²) in [6.07, 6.45) is -5.93. The number of guanidine groups is 1. The number of hydrogen-bond acceptors (Lipinski definition) is 7. The smallest absolute Gasteiger partial charge is 0.437 e. The van der Waals surface area contributed by atoms with E-state index in [0.29, 0.717) is 6.42 Å². The third-order valence-electron chi connectivity index (χ3n) is 8.41. The van der Waals surface area contributed by atoms with Gasteiger partial charge < -0.3 is 24.4 Å². The number of aromatic nitrogens is 2. The van der Waals surface area contributed by atoms with Crippen LogP contribution in [0.3, 0.4) is 0 Å². The van der Waals surface area contributed by atoms with Crippen LogP contribution in [0.15, 0.2) is 52.0 Å². The fraction of sp³-hybridized carbons (Fsp3) is 0.514. The van der Waals surface area contributed by atoms with Crippen LogP contribution in [0.1, 0.15) is 89.5 Å². The number of nitrogens with zero attached hydrogens (tertiary/aromatic N) is 4. The number of alkyl halides is 3. The van der Waals surface area contributed by atoms with Crippen molar-refractivity contribution in [2.45, 2.75) is 104 Å². The highest BCUT2D eigenvalue weighted by Gasteiger charge is 2.62. The molecule has 4 rings (SSSR count). The van der Waals surface area contributed by atoms with Crippen LogP contribution in [-0.2, 0) is 35.7 Å². The number of aryl methyl sites for hydroxylation is 3. The molecule has 266 valence electrons. The molecule has 3 aromatic rings. The molecule has 3 N–H and O–H groups in total. The number of amides is 2. The number of aliphatic imine (C=N–C) groups is 1. The molecule has 2 aromatic carbocycles. The number of aliphatic hydroxyl groups excluding tert-OH is 1. The molecule has 1 fully saturated rings. The predicted octanol–water partition coefficient (Wildman–Crippen LogP) is 7.36. The molecule has 1 aromatic heterocycles. The van der Waals surface area contributed by atoms with Crippen molar-refractivity contribution in [3.8, 4) is 11.4 Å². The third kappa shape index (κ3) is 8.41. The summed E-state index contributed by atoms with van der Waals surface area (Å²) in [5.41, 5.74) is -2.17. The van der Waals surface area contributed by atoms with Crippen molar-refractivity contribution in [3.05, 3.63) is 70.6 Å². The minimum absolute atomic E-state index is 0.00626. The van der Waals surface area contributed by atoms with Gasteiger partial charge in [-0.05, 0) is 74.6 Å². The molecule has 1 aliphatic heterocycles. The third-order valence-corrected chi connectivity index (χ3v) is 8.41. The van der Waals surface area contributed by atoms with Crippen LogP contribution in [-0.4, -0.2) is 61.6 Å². The summed E-state index contributed by atoms with van der Waals surface area (Å²) in [7, 11) is 0. The van der Waals surface area contributed by atoms with Gasteiger partial charge in [-0.3, -0.25) is 5.32 Å². The number of carbonyl (C=O) groups excluding carboxylic acids is 1. The summed E-state index contributed by atoms with van der Waals surface area (Å²) in [4.78, 5) is 34.2. The van der Waals surface area contributed by atoms with Gasteiger partial charge in [0.25, 0.3) is 5.89 Å². The Hall–Kier alpha value is -4.46. The van der Waals surface area contributed by atoms with E-state index in [1.54, 1.807) is 41.5 Å². The number of ether oxygens (including phenoxy) is 1. The Morgan fingerprint density at radius 1 is 1.04 bits per heavy atom. The Labute approximate surface area is 283 Å². The van der Waals surface area contributed by atoms with Crippen LogP contribution in [0.5, 0.6) is 0 Å². The number of benzene rings is 2. The first kappa shape index (κ1) is 37.4. The Morgan fingerprint density at radius 2 is 1.67 bits per heavy atom. The first-order chi connectivity index (χ1) is 22.8. The minimum Gasteiger partial charge on any atom is -0.465 e. The molecule has 0 saturated carbocycles. The van der Waals surface area contributed by atoms with Crippen LogP contribution in [0.2, 0.25) is 0 Å². The summed E-state index contributed by atoms with van der Waals surface area (Å²) in [6, 6.07) is 11.7. The lowest BCUT2D eigenvalue weighted by molar-refractivity contribution is -0.138. The fourth-order valence-corrected chi connectivity index (χ4v) is 6.33. The quantitative estimate of drug-likeness (QED) is 0.171. The van der Waals surface area contributed by atoms with Crippen LogP contribution < -0.4 is 5.32 Å². The van der Waals surface area contributed by atoms with Gasteiger partial charge in [0.05, 0.1) is 11.7 Å². The van der Waals surface area contributed by atoms with Gasteiger partial charge >= 0.3 is 18.4 Å². The Balaban J connectivity index is 1.73. The molecule has 2 heterocycles. The van der Waals surface area contributed by atoms with Crippen LogP contribution in [0, 0.1) is 5.41 Å². The van der Waals surface area contributed by atoms with E-state index in [-0.39, 0.29) is 42.2 Å². The Kier molecular flexibility index (Phi) is 10.8. The molecule has 14 heteroatoms. The number of carboxylic acid groups (broad SMARTS) is 1. The number of hydrogen-bond donors (Lipinski definition) is 3. The van der Waals surface area contributed by atoms with Gasteiger partial charge in [-0.25, -0.2) is 9.59 Å². The van der Waals surface area contributed by atoms with Crippen molar-refractivity contribution in [2.75, 3.05) is 6.54 Å². The second-order valence-electron chi connectivity index (χ2n) is 14.2. The molecule has 0 bridgehead atoms. The van der Waals surface area contributed by atoms with Gasteiger partial charge in [0, 0.05) is 12.1 Å². The lowest BCUT2D eigenvalue weighted by atomic mass is 9.70. The summed E-state index contributed by atoms with van der Waals surface area (Å²) in [5.74, 6) is -0.817. The molecular formula is C35H44F3N5O6. The molecule has 0 aliphatic carbocycles. The summed E-state index contributed by atoms with van der Waals surface area (Å²) < 4.78 is 54.0. The van der Waals surface area contributed by atoms with Crippen LogP contribution >= 0.6 is 0 Å². The molecule has 1 aliphatic rings. The van der Waals surface area contributed by atoms with E-state index < -0.39 is 52.5 Å². The zero-order chi connectivity index (χ0) is 36.4. The monoisotopic (exact) mass is 687 g/mol. The van der Waals surface area contributed by atoms with E-state index in [2.05, 4.69) is 27.4 Å². The zero-order valence-electron chi connectivity index (χ0n) is 28.8. The number of likely N-dealkylation sites (tertiary alicyclic amines) is 1. The topological polar surface area (TPSA) is 150 Å². The van der Waals surface area contributed by atoms with Gasteiger partial charge in [-0.2, -0.15) is 18.2 Å². The van der Waals surface area contributed by atoms with Gasteiger partial charge in [0.2, 0.25) is 11.8 Å². The highest BCUT2D eigenvalue weighted by atomic mass is 19.4. The molecule has 0 unspecified atom stereocenters. The summed E-state index contributed by atoms with van der Waals surface area (Å²) in [5, 5.41) is 27.2. The largest absolute Gasteiger partial charge is 0.465 e. The van der Waals surface area contributed by atoms with E-state index in [1.807, 2.05) is 24.3 Å². The van der Waals surface area contributed by atoms with Crippen molar-refractivity contribution in [3.63, 3.8) is 0 Å². The first-order valence-corrected chi connectivity index (χ1v) is 16.2. The molecule has 2 atom stereocenters. The van der Waals surface area contributed by atoms with Crippen LogP contribution in [0.25, 0.3) is 11.4 Å². The fourth-order valence-electron chi connectivity index (χ4n) is 6.33. The highest BCUT2D eigenvalue weighted by Crippen LogP contribution is 2.51. The van der Waals surface area contributed by atoms with E-state index >= 15 is 0 Å². The van der Waals surface area contributed by atoms with E-state index in [4.69, 9.17) is 9.26 Å². The maximum absolute atomic E-state index is 14.4. The molecule has 49 heavy (non-hydrogen) atoms. The van der Waals surface area contributed by atoms with Crippen molar-refractivity contribution in [1.29, 1.82) is 0 Å². The SMILES string of the molecule is CCCc1ccc(CCc2ccc(-c3noc([C@]4(C(C)(C)C)[C@@H](O)CCN4C(=NC(=O)OC(C)(C)C)NC(=O)O)n3)cc2C(F)(F)F)cc1. The van der Waals surface area contributed by atoms with Crippen molar-refractivity contribution in [1.82, 2.24) is 20.4 Å². The Bertz CT molecular complexity index is 1670. The average Bonchev–Trinajstić information content (AvgIpc) is 3.60. The highest BCUT2D eigenvalue weighted by molar-refractivity contribution is 5.99. The number of halogens is 3. The van der Waals surface area contributed by atoms with Crippen molar-refractivity contribution in [2.24, 2.45) is 10.4 Å². The standard InChI is InChI=1S/C35H44F3N5O6/c1-8-9-21-10-12-22(13-11-21)14-15-23-16-17-24(20-25(23)35(36,37)38)27-39-28(49-42-27)34(32(2,3)4)26(44)18-19-43(34)29(40-30(45)46)41-31(47)48-33(5,6)7/h10-13,16-17,20,26,44H,8-9,14-15,18-19H2,1-7H3,(H,45,46)(H,40,41,47)/t26-,34-/m0/s1. The molecular weight excluding hydrogens is 643 g/mol. The van der Waals surface area contributed by atoms with Crippen molar-refractivity contribution >= 4 is 18.1 Å². The van der Waals surface area contributed by atoms with Gasteiger partial charge in [0.1, 0.15) is 5.60 Å². The number of aliphatic hydroxyl groups is 1. The number of nitrogens with one attached hydrogen (secondary N) is 1. The van der Waals surface area contributed by atoms with E-state index in [0.717, 1.165) is 24.5 Å². The molecule has 0 radical (unpaired) electrons. The minimum atomic E-state index is -4.66. The molecule has 0 spiro atoms. The lowest BCUT2D eigenvalue weighted by Gasteiger charge is -2.47. The predicted molar refractivity (Wildman–Crippen MR) is 176 cm³/mol.